The van der Waals surface area contributed by atoms with Crippen molar-refractivity contribution in [3.8, 4) is 5.88 Å². The molecular weight excluding hydrogens is 338 g/mol. The monoisotopic (exact) mass is 361 g/mol. The Kier molecular flexibility index (Phi) is 5.19. The highest BCUT2D eigenvalue weighted by molar-refractivity contribution is 5.78. The van der Waals surface area contributed by atoms with Crippen molar-refractivity contribution in [2.75, 3.05) is 19.6 Å². The molecule has 1 saturated heterocycles. The van der Waals surface area contributed by atoms with E-state index < -0.39 is 0 Å². The molecule has 1 N–H and O–H groups in total. The molecule has 1 aliphatic rings. The molecule has 0 saturated carbocycles. The first-order valence-corrected chi connectivity index (χ1v) is 9.37. The minimum Gasteiger partial charge on any atom is -0.471 e. The number of carbonyl (C=O) groups is 1. The number of benzene rings is 2. The second kappa shape index (κ2) is 8.08. The van der Waals surface area contributed by atoms with Crippen LogP contribution in [0.4, 0.5) is 4.79 Å². The number of urea groups is 1. The van der Waals surface area contributed by atoms with Gasteiger partial charge in [0.05, 0.1) is 18.6 Å². The van der Waals surface area contributed by atoms with E-state index in [4.69, 9.17) is 4.74 Å². The fourth-order valence-corrected chi connectivity index (χ4v) is 3.21. The third kappa shape index (κ3) is 4.37. The molecular formula is C22H23N3O2. The van der Waals surface area contributed by atoms with Crippen molar-refractivity contribution in [1.82, 2.24) is 15.2 Å². The fourth-order valence-electron chi connectivity index (χ4n) is 3.21. The summed E-state index contributed by atoms with van der Waals surface area (Å²) >= 11 is 0. The number of nitrogens with zero attached hydrogens (tertiary/aromatic N) is 2. The van der Waals surface area contributed by atoms with Gasteiger partial charge in [-0.3, -0.25) is 0 Å². The fraction of sp³-hybridized carbons (Fsp3) is 0.273. The van der Waals surface area contributed by atoms with Crippen molar-refractivity contribution in [1.29, 1.82) is 0 Å². The van der Waals surface area contributed by atoms with Gasteiger partial charge in [0.1, 0.15) is 6.10 Å². The van der Waals surface area contributed by atoms with E-state index in [0.29, 0.717) is 25.5 Å². The van der Waals surface area contributed by atoms with Crippen LogP contribution in [-0.4, -0.2) is 41.7 Å². The first-order valence-electron chi connectivity index (χ1n) is 9.37. The van der Waals surface area contributed by atoms with Crippen molar-refractivity contribution >= 4 is 16.9 Å². The summed E-state index contributed by atoms with van der Waals surface area (Å²) in [6, 6.07) is 22.1. The third-order valence-electron chi connectivity index (χ3n) is 4.76. The van der Waals surface area contributed by atoms with Crippen molar-refractivity contribution in [2.24, 2.45) is 0 Å². The van der Waals surface area contributed by atoms with E-state index in [1.54, 1.807) is 4.90 Å². The van der Waals surface area contributed by atoms with Gasteiger partial charge in [0.15, 0.2) is 0 Å². The van der Waals surface area contributed by atoms with Gasteiger partial charge in [-0.05, 0) is 30.5 Å². The number of aryl methyl sites for hydroxylation is 1. The van der Waals surface area contributed by atoms with Crippen LogP contribution < -0.4 is 10.1 Å². The van der Waals surface area contributed by atoms with Crippen LogP contribution >= 0.6 is 0 Å². The molecule has 5 heteroatoms. The van der Waals surface area contributed by atoms with Gasteiger partial charge >= 0.3 is 6.03 Å². The van der Waals surface area contributed by atoms with Gasteiger partial charge in [0, 0.05) is 18.0 Å². The molecule has 3 aromatic rings. The lowest BCUT2D eigenvalue weighted by Gasteiger charge is -2.38. The second-order valence-corrected chi connectivity index (χ2v) is 6.81. The number of rotatable bonds is 6. The number of amides is 2. The maximum atomic E-state index is 12.2. The average Bonchev–Trinajstić information content (AvgIpc) is 2.68. The highest BCUT2D eigenvalue weighted by Crippen LogP contribution is 2.20. The van der Waals surface area contributed by atoms with Gasteiger partial charge in [0.2, 0.25) is 5.88 Å². The lowest BCUT2D eigenvalue weighted by atomic mass is 10.1. The van der Waals surface area contributed by atoms with Crippen molar-refractivity contribution in [3.05, 3.63) is 72.3 Å². The Hall–Kier alpha value is -3.08. The number of likely N-dealkylation sites (tertiary alicyclic amines) is 1. The molecule has 2 amide bonds. The first kappa shape index (κ1) is 17.3. The minimum atomic E-state index is -0.0191. The molecule has 5 nitrogen and oxygen atoms in total. The number of para-hydroxylation sites is 1. The van der Waals surface area contributed by atoms with Crippen molar-refractivity contribution in [2.45, 2.75) is 18.9 Å². The molecule has 0 spiro atoms. The number of fused-ring (bicyclic) bond motifs is 1. The second-order valence-electron chi connectivity index (χ2n) is 6.81. The Bertz CT molecular complexity index is 908. The predicted octanol–water partition coefficient (Wildman–Crippen LogP) is 3.64. The topological polar surface area (TPSA) is 54.5 Å². The van der Waals surface area contributed by atoms with Crippen LogP contribution in [0.1, 0.15) is 12.0 Å². The van der Waals surface area contributed by atoms with E-state index in [0.717, 1.165) is 23.7 Å². The van der Waals surface area contributed by atoms with E-state index in [2.05, 4.69) is 22.4 Å². The van der Waals surface area contributed by atoms with Crippen LogP contribution in [0.15, 0.2) is 66.7 Å². The third-order valence-corrected chi connectivity index (χ3v) is 4.76. The molecule has 27 heavy (non-hydrogen) atoms. The Morgan fingerprint density at radius 3 is 2.67 bits per heavy atom. The smallest absolute Gasteiger partial charge is 0.317 e. The lowest BCUT2D eigenvalue weighted by molar-refractivity contribution is 0.0417. The van der Waals surface area contributed by atoms with E-state index >= 15 is 0 Å². The summed E-state index contributed by atoms with van der Waals surface area (Å²) in [5, 5.41) is 4.07. The van der Waals surface area contributed by atoms with E-state index in [9.17, 15) is 4.79 Å². The highest BCUT2D eigenvalue weighted by atomic mass is 16.5. The molecule has 4 rings (SSSR count). The van der Waals surface area contributed by atoms with E-state index in [1.165, 1.54) is 5.56 Å². The van der Waals surface area contributed by atoms with Crippen molar-refractivity contribution in [3.63, 3.8) is 0 Å². The largest absolute Gasteiger partial charge is 0.471 e. The summed E-state index contributed by atoms with van der Waals surface area (Å²) in [4.78, 5) is 18.4. The molecule has 0 bridgehead atoms. The van der Waals surface area contributed by atoms with Crippen LogP contribution in [0, 0.1) is 0 Å². The normalized spacial score (nSPS) is 14.0. The van der Waals surface area contributed by atoms with Gasteiger partial charge in [-0.2, -0.15) is 0 Å². The maximum Gasteiger partial charge on any atom is 0.317 e. The lowest BCUT2D eigenvalue weighted by Crippen LogP contribution is -2.59. The molecule has 0 aliphatic carbocycles. The summed E-state index contributed by atoms with van der Waals surface area (Å²) < 4.78 is 5.89. The molecule has 1 aromatic heterocycles. The quantitative estimate of drug-likeness (QED) is 0.682. The Morgan fingerprint density at radius 1 is 1.04 bits per heavy atom. The molecule has 0 radical (unpaired) electrons. The molecule has 0 atom stereocenters. The Labute approximate surface area is 159 Å². The minimum absolute atomic E-state index is 0.00808. The zero-order chi connectivity index (χ0) is 18.5. The molecule has 2 heterocycles. The SMILES string of the molecule is O=C(NCCCc1ccccc1)N1CC(Oc2ccc3ccccc3n2)C1. The van der Waals surface area contributed by atoms with E-state index in [-0.39, 0.29) is 12.1 Å². The molecule has 0 unspecified atom stereocenters. The number of pyridine rings is 1. The molecule has 138 valence electrons. The summed E-state index contributed by atoms with van der Waals surface area (Å²) in [6.07, 6.45) is 1.92. The predicted molar refractivity (Wildman–Crippen MR) is 106 cm³/mol. The van der Waals surface area contributed by atoms with Gasteiger partial charge in [-0.15, -0.1) is 0 Å². The van der Waals surface area contributed by atoms with Crippen molar-refractivity contribution < 1.29 is 9.53 Å². The van der Waals surface area contributed by atoms with E-state index in [1.807, 2.05) is 54.6 Å². The average molecular weight is 361 g/mol. The molecule has 1 fully saturated rings. The van der Waals surface area contributed by atoms with Crippen LogP contribution in [0.5, 0.6) is 5.88 Å². The first-order chi connectivity index (χ1) is 13.3. The van der Waals surface area contributed by atoms with Gasteiger partial charge < -0.3 is 15.0 Å². The van der Waals surface area contributed by atoms with Crippen LogP contribution in [0.25, 0.3) is 10.9 Å². The zero-order valence-electron chi connectivity index (χ0n) is 15.2. The summed E-state index contributed by atoms with van der Waals surface area (Å²) in [5.41, 5.74) is 2.22. The number of carbonyl (C=O) groups excluding carboxylic acids is 1. The number of hydrogen-bond donors (Lipinski definition) is 1. The summed E-state index contributed by atoms with van der Waals surface area (Å²) in [6.45, 7) is 1.88. The number of aromatic nitrogens is 1. The molecule has 1 aliphatic heterocycles. The zero-order valence-corrected chi connectivity index (χ0v) is 15.2. The van der Waals surface area contributed by atoms with Crippen LogP contribution in [0.3, 0.4) is 0 Å². The molecule has 2 aromatic carbocycles. The standard InChI is InChI=1S/C22H23N3O2/c26-22(23-14-6-9-17-7-2-1-3-8-17)25-15-19(16-25)27-21-13-12-18-10-4-5-11-20(18)24-21/h1-5,7-8,10-13,19H,6,9,14-16H2,(H,23,26). The Morgan fingerprint density at radius 2 is 1.81 bits per heavy atom. The number of hydrogen-bond acceptors (Lipinski definition) is 3. The maximum absolute atomic E-state index is 12.2. The highest BCUT2D eigenvalue weighted by Gasteiger charge is 2.32. The van der Waals surface area contributed by atoms with Gasteiger partial charge in [-0.25, -0.2) is 9.78 Å². The van der Waals surface area contributed by atoms with Crippen LogP contribution in [0.2, 0.25) is 0 Å². The Balaban J connectivity index is 1.18. The van der Waals surface area contributed by atoms with Gasteiger partial charge in [-0.1, -0.05) is 48.5 Å². The number of nitrogens with one attached hydrogen (secondary N) is 1. The van der Waals surface area contributed by atoms with Gasteiger partial charge in [0.25, 0.3) is 0 Å². The number of ether oxygens (including phenoxy) is 1. The summed E-state index contributed by atoms with van der Waals surface area (Å²) in [7, 11) is 0. The van der Waals surface area contributed by atoms with Crippen LogP contribution in [-0.2, 0) is 6.42 Å². The summed E-state index contributed by atoms with van der Waals surface area (Å²) in [5.74, 6) is 0.613.